The lowest BCUT2D eigenvalue weighted by atomic mass is 10.2. The quantitative estimate of drug-likeness (QED) is 0.817. The van der Waals surface area contributed by atoms with Gasteiger partial charge in [-0.2, -0.15) is 5.10 Å². The van der Waals surface area contributed by atoms with Crippen LogP contribution in [0.1, 0.15) is 17.5 Å². The normalized spacial score (nSPS) is 10.3. The Labute approximate surface area is 118 Å². The van der Waals surface area contributed by atoms with Gasteiger partial charge in [-0.15, -0.1) is 0 Å². The first kappa shape index (κ1) is 14.0. The Morgan fingerprint density at radius 2 is 2.30 bits per heavy atom. The molecule has 2 N–H and O–H groups in total. The predicted octanol–water partition coefficient (Wildman–Crippen LogP) is 1.88. The van der Waals surface area contributed by atoms with Crippen molar-refractivity contribution in [2.24, 2.45) is 7.05 Å². The van der Waals surface area contributed by atoms with Crippen LogP contribution in [-0.2, 0) is 13.5 Å². The second-order valence-electron chi connectivity index (χ2n) is 4.73. The van der Waals surface area contributed by atoms with Gasteiger partial charge in [0.25, 0.3) is 0 Å². The van der Waals surface area contributed by atoms with Crippen molar-refractivity contribution in [3.8, 4) is 0 Å². The second kappa shape index (κ2) is 6.70. The number of carbonyl (C=O) groups is 1. The number of aryl methyl sites for hydroxylation is 3. The topological polar surface area (TPSA) is 71.8 Å². The minimum atomic E-state index is -0.228. The third-order valence-corrected chi connectivity index (χ3v) is 2.84. The number of nitrogens with one attached hydrogen (secondary N) is 2. The number of urea groups is 1. The van der Waals surface area contributed by atoms with Crippen LogP contribution in [0.15, 0.2) is 30.7 Å². The van der Waals surface area contributed by atoms with Gasteiger partial charge in [-0.05, 0) is 43.0 Å². The highest BCUT2D eigenvalue weighted by atomic mass is 16.2. The Balaban J connectivity index is 1.67. The molecule has 6 nitrogen and oxygen atoms in total. The summed E-state index contributed by atoms with van der Waals surface area (Å²) in [6, 6.07) is 3.49. The summed E-state index contributed by atoms with van der Waals surface area (Å²) in [5.41, 5.74) is 2.24. The van der Waals surface area contributed by atoms with E-state index in [1.807, 2.05) is 38.5 Å². The van der Waals surface area contributed by atoms with Crippen molar-refractivity contribution in [3.05, 3.63) is 41.9 Å². The smallest absolute Gasteiger partial charge is 0.320 e. The van der Waals surface area contributed by atoms with Gasteiger partial charge in [-0.1, -0.05) is 0 Å². The van der Waals surface area contributed by atoms with Crippen LogP contribution in [0.4, 0.5) is 10.6 Å². The van der Waals surface area contributed by atoms with Gasteiger partial charge < -0.3 is 5.32 Å². The maximum absolute atomic E-state index is 11.7. The zero-order valence-electron chi connectivity index (χ0n) is 11.8. The Morgan fingerprint density at radius 3 is 3.00 bits per heavy atom. The lowest BCUT2D eigenvalue weighted by Gasteiger charge is -2.06. The number of carbonyl (C=O) groups excluding carboxylic acids is 1. The zero-order valence-corrected chi connectivity index (χ0v) is 11.8. The summed E-state index contributed by atoms with van der Waals surface area (Å²) in [5.74, 6) is 0.565. The van der Waals surface area contributed by atoms with Crippen LogP contribution in [0, 0.1) is 6.92 Å². The minimum Gasteiger partial charge on any atom is -0.338 e. The number of rotatable bonds is 5. The molecule has 0 spiro atoms. The van der Waals surface area contributed by atoms with E-state index in [1.165, 1.54) is 5.56 Å². The van der Waals surface area contributed by atoms with Gasteiger partial charge in [0.15, 0.2) is 0 Å². The van der Waals surface area contributed by atoms with Gasteiger partial charge in [-0.3, -0.25) is 10.00 Å². The van der Waals surface area contributed by atoms with Crippen molar-refractivity contribution in [1.29, 1.82) is 0 Å². The molecule has 0 aliphatic heterocycles. The molecule has 0 bridgehead atoms. The SMILES string of the molecule is Cc1ccnc(NC(=O)NCCCc2cnn(C)c2)c1. The van der Waals surface area contributed by atoms with Gasteiger partial charge in [0.05, 0.1) is 6.20 Å². The lowest BCUT2D eigenvalue weighted by Crippen LogP contribution is -2.30. The maximum atomic E-state index is 11.7. The number of hydrogen-bond donors (Lipinski definition) is 2. The fourth-order valence-electron chi connectivity index (χ4n) is 1.86. The first-order valence-corrected chi connectivity index (χ1v) is 6.58. The van der Waals surface area contributed by atoms with Crippen LogP contribution in [0.2, 0.25) is 0 Å². The van der Waals surface area contributed by atoms with E-state index >= 15 is 0 Å². The van der Waals surface area contributed by atoms with E-state index < -0.39 is 0 Å². The summed E-state index contributed by atoms with van der Waals surface area (Å²) in [7, 11) is 1.89. The van der Waals surface area contributed by atoms with E-state index in [-0.39, 0.29) is 6.03 Å². The largest absolute Gasteiger partial charge is 0.338 e. The third kappa shape index (κ3) is 4.38. The fourth-order valence-corrected chi connectivity index (χ4v) is 1.86. The van der Waals surface area contributed by atoms with E-state index in [2.05, 4.69) is 20.7 Å². The molecular formula is C14H19N5O. The second-order valence-corrected chi connectivity index (χ2v) is 4.73. The molecular weight excluding hydrogens is 254 g/mol. The molecule has 2 aromatic heterocycles. The first-order chi connectivity index (χ1) is 9.63. The van der Waals surface area contributed by atoms with Crippen LogP contribution in [0.5, 0.6) is 0 Å². The maximum Gasteiger partial charge on any atom is 0.320 e. The fraction of sp³-hybridized carbons (Fsp3) is 0.357. The number of hydrogen-bond acceptors (Lipinski definition) is 3. The van der Waals surface area contributed by atoms with Gasteiger partial charge >= 0.3 is 6.03 Å². The average molecular weight is 273 g/mol. The van der Waals surface area contributed by atoms with Gasteiger partial charge in [0, 0.05) is 26.0 Å². The summed E-state index contributed by atoms with van der Waals surface area (Å²) in [5, 5.41) is 9.62. The number of nitrogens with zero attached hydrogens (tertiary/aromatic N) is 3. The minimum absolute atomic E-state index is 0.228. The monoisotopic (exact) mass is 273 g/mol. The molecule has 0 aliphatic rings. The van der Waals surface area contributed by atoms with Gasteiger partial charge in [0.2, 0.25) is 0 Å². The molecule has 2 amide bonds. The standard InChI is InChI=1S/C14H19N5O/c1-11-5-7-15-13(8-11)18-14(20)16-6-3-4-12-9-17-19(2)10-12/h5,7-10H,3-4,6H2,1-2H3,(H2,15,16,18,20). The highest BCUT2D eigenvalue weighted by Gasteiger charge is 2.02. The lowest BCUT2D eigenvalue weighted by molar-refractivity contribution is 0.252. The molecule has 0 aliphatic carbocycles. The molecule has 106 valence electrons. The Morgan fingerprint density at radius 1 is 1.45 bits per heavy atom. The van der Waals surface area contributed by atoms with Crippen LogP contribution in [0.3, 0.4) is 0 Å². The van der Waals surface area contributed by atoms with Crippen LogP contribution in [0.25, 0.3) is 0 Å². The Kier molecular flexibility index (Phi) is 4.70. The average Bonchev–Trinajstić information content (AvgIpc) is 2.80. The van der Waals surface area contributed by atoms with Gasteiger partial charge in [0.1, 0.15) is 5.82 Å². The number of amides is 2. The molecule has 2 aromatic rings. The molecule has 0 aromatic carbocycles. The van der Waals surface area contributed by atoms with E-state index in [4.69, 9.17) is 0 Å². The summed E-state index contributed by atoms with van der Waals surface area (Å²) in [4.78, 5) is 15.7. The zero-order chi connectivity index (χ0) is 14.4. The van der Waals surface area contributed by atoms with Crippen LogP contribution in [-0.4, -0.2) is 27.3 Å². The van der Waals surface area contributed by atoms with Crippen LogP contribution < -0.4 is 10.6 Å². The Hall–Kier alpha value is -2.37. The summed E-state index contributed by atoms with van der Waals surface area (Å²) < 4.78 is 1.78. The van der Waals surface area contributed by atoms with Crippen molar-refractivity contribution in [3.63, 3.8) is 0 Å². The highest BCUT2D eigenvalue weighted by Crippen LogP contribution is 2.04. The van der Waals surface area contributed by atoms with Crippen molar-refractivity contribution >= 4 is 11.8 Å². The van der Waals surface area contributed by atoms with Crippen molar-refractivity contribution in [2.75, 3.05) is 11.9 Å². The van der Waals surface area contributed by atoms with Crippen LogP contribution >= 0.6 is 0 Å². The molecule has 20 heavy (non-hydrogen) atoms. The van der Waals surface area contributed by atoms with Crippen molar-refractivity contribution in [2.45, 2.75) is 19.8 Å². The highest BCUT2D eigenvalue weighted by molar-refractivity contribution is 5.88. The molecule has 0 radical (unpaired) electrons. The number of anilines is 1. The summed E-state index contributed by atoms with van der Waals surface area (Å²) >= 11 is 0. The number of aromatic nitrogens is 3. The Bertz CT molecular complexity index is 578. The molecule has 6 heteroatoms. The summed E-state index contributed by atoms with van der Waals surface area (Å²) in [6.45, 7) is 2.57. The van der Waals surface area contributed by atoms with Crippen molar-refractivity contribution < 1.29 is 4.79 Å². The molecule has 2 rings (SSSR count). The first-order valence-electron chi connectivity index (χ1n) is 6.58. The molecule has 2 heterocycles. The predicted molar refractivity (Wildman–Crippen MR) is 77.5 cm³/mol. The molecule has 0 atom stereocenters. The molecule has 0 saturated heterocycles. The van der Waals surface area contributed by atoms with E-state index in [1.54, 1.807) is 10.9 Å². The van der Waals surface area contributed by atoms with E-state index in [9.17, 15) is 4.79 Å². The van der Waals surface area contributed by atoms with Crippen molar-refractivity contribution in [1.82, 2.24) is 20.1 Å². The summed E-state index contributed by atoms with van der Waals surface area (Å²) in [6.07, 6.45) is 7.28. The molecule has 0 fully saturated rings. The third-order valence-electron chi connectivity index (χ3n) is 2.84. The number of pyridine rings is 1. The molecule has 0 saturated carbocycles. The van der Waals surface area contributed by atoms with Gasteiger partial charge in [-0.25, -0.2) is 9.78 Å². The van der Waals surface area contributed by atoms with E-state index in [0.29, 0.717) is 12.4 Å². The molecule has 0 unspecified atom stereocenters. The van der Waals surface area contributed by atoms with E-state index in [0.717, 1.165) is 18.4 Å².